The summed E-state index contributed by atoms with van der Waals surface area (Å²) >= 11 is 0. The maximum atomic E-state index is 13.6. The molecule has 31 heavy (non-hydrogen) atoms. The van der Waals surface area contributed by atoms with E-state index in [1.807, 2.05) is 35.2 Å². The van der Waals surface area contributed by atoms with Gasteiger partial charge in [0, 0.05) is 39.0 Å². The van der Waals surface area contributed by atoms with Crippen LogP contribution in [0.1, 0.15) is 45.1 Å². The van der Waals surface area contributed by atoms with Gasteiger partial charge in [-0.2, -0.15) is 0 Å². The average Bonchev–Trinajstić information content (AvgIpc) is 2.74. The highest BCUT2D eigenvalue weighted by Gasteiger charge is 2.39. The number of nitrogens with one attached hydrogen (secondary N) is 1. The van der Waals surface area contributed by atoms with Gasteiger partial charge in [0.2, 0.25) is 17.7 Å². The van der Waals surface area contributed by atoms with Crippen LogP contribution < -0.4 is 11.1 Å². The predicted molar refractivity (Wildman–Crippen MR) is 120 cm³/mol. The number of piperidine rings is 1. The molecular formula is C24H36N4O3. The first kappa shape index (κ1) is 23.3. The molecule has 0 spiro atoms. The maximum absolute atomic E-state index is 13.6. The van der Waals surface area contributed by atoms with Crippen LogP contribution >= 0.6 is 0 Å². The van der Waals surface area contributed by atoms with Crippen molar-refractivity contribution in [3.05, 3.63) is 35.9 Å². The van der Waals surface area contributed by atoms with E-state index >= 15 is 0 Å². The topological polar surface area (TPSA) is 95.7 Å². The summed E-state index contributed by atoms with van der Waals surface area (Å²) in [6.45, 7) is 6.67. The molecule has 2 unspecified atom stereocenters. The second-order valence-corrected chi connectivity index (χ2v) is 9.31. The number of nitrogens with two attached hydrogens (primary N) is 1. The number of primary amides is 1. The standard InChI is InChI=1S/C24H36N4O3/c1-17(2)14-20-23(30)28(13-10-26-20)21(15-18-6-4-3-5-7-18)24(31)27-11-8-19(9-12-27)16-22(25)29/h3-7,17,19-21,26H,8-16H2,1-2H3,(H2,25,29). The van der Waals surface area contributed by atoms with Gasteiger partial charge in [-0.15, -0.1) is 0 Å². The van der Waals surface area contributed by atoms with Crippen molar-refractivity contribution in [2.24, 2.45) is 17.6 Å². The Morgan fingerprint density at radius 2 is 1.81 bits per heavy atom. The lowest BCUT2D eigenvalue weighted by atomic mass is 9.92. The Kier molecular flexibility index (Phi) is 8.07. The lowest BCUT2D eigenvalue weighted by molar-refractivity contribution is -0.149. The Bertz CT molecular complexity index is 759. The highest BCUT2D eigenvalue weighted by molar-refractivity contribution is 5.90. The molecule has 2 atom stereocenters. The van der Waals surface area contributed by atoms with Gasteiger partial charge < -0.3 is 20.9 Å². The van der Waals surface area contributed by atoms with E-state index in [1.54, 1.807) is 4.90 Å². The molecule has 7 heteroatoms. The van der Waals surface area contributed by atoms with E-state index in [4.69, 9.17) is 5.73 Å². The fourth-order valence-corrected chi connectivity index (χ4v) is 4.74. The molecule has 2 aliphatic rings. The van der Waals surface area contributed by atoms with Crippen LogP contribution in [0.15, 0.2) is 30.3 Å². The third-order valence-electron chi connectivity index (χ3n) is 6.38. The van der Waals surface area contributed by atoms with Gasteiger partial charge in [0.05, 0.1) is 6.04 Å². The van der Waals surface area contributed by atoms with Crippen molar-refractivity contribution < 1.29 is 14.4 Å². The number of hydrogen-bond acceptors (Lipinski definition) is 4. The van der Waals surface area contributed by atoms with Crippen LogP contribution in [0.3, 0.4) is 0 Å². The van der Waals surface area contributed by atoms with Crippen molar-refractivity contribution in [3.63, 3.8) is 0 Å². The molecular weight excluding hydrogens is 392 g/mol. The van der Waals surface area contributed by atoms with Gasteiger partial charge in [-0.05, 0) is 36.7 Å². The molecule has 3 N–H and O–H groups in total. The lowest BCUT2D eigenvalue weighted by Gasteiger charge is -2.41. The van der Waals surface area contributed by atoms with Crippen LogP contribution in [0.4, 0.5) is 0 Å². The van der Waals surface area contributed by atoms with E-state index in [0.717, 1.165) is 24.8 Å². The van der Waals surface area contributed by atoms with Gasteiger partial charge in [0.25, 0.3) is 0 Å². The molecule has 2 heterocycles. The maximum Gasteiger partial charge on any atom is 0.245 e. The molecule has 7 nitrogen and oxygen atoms in total. The molecule has 3 amide bonds. The highest BCUT2D eigenvalue weighted by Crippen LogP contribution is 2.23. The van der Waals surface area contributed by atoms with Crippen molar-refractivity contribution in [1.29, 1.82) is 0 Å². The molecule has 0 radical (unpaired) electrons. The molecule has 170 valence electrons. The monoisotopic (exact) mass is 428 g/mol. The summed E-state index contributed by atoms with van der Waals surface area (Å²) < 4.78 is 0. The Balaban J connectivity index is 1.76. The SMILES string of the molecule is CC(C)CC1NCCN(C(Cc2ccccc2)C(=O)N2CCC(CC(N)=O)CC2)C1=O. The third kappa shape index (κ3) is 6.29. The van der Waals surface area contributed by atoms with Crippen molar-refractivity contribution >= 4 is 17.7 Å². The van der Waals surface area contributed by atoms with Gasteiger partial charge in [0.15, 0.2) is 0 Å². The Morgan fingerprint density at radius 3 is 2.42 bits per heavy atom. The zero-order valence-corrected chi connectivity index (χ0v) is 18.8. The van der Waals surface area contributed by atoms with Crippen LogP contribution in [0.25, 0.3) is 0 Å². The third-order valence-corrected chi connectivity index (χ3v) is 6.38. The van der Waals surface area contributed by atoms with E-state index in [9.17, 15) is 14.4 Å². The van der Waals surface area contributed by atoms with E-state index in [1.165, 1.54) is 0 Å². The molecule has 0 aliphatic carbocycles. The number of nitrogens with zero attached hydrogens (tertiary/aromatic N) is 2. The van der Waals surface area contributed by atoms with E-state index in [0.29, 0.717) is 44.9 Å². The molecule has 2 fully saturated rings. The zero-order valence-electron chi connectivity index (χ0n) is 18.8. The first-order valence-electron chi connectivity index (χ1n) is 11.5. The normalized spacial score (nSPS) is 21.4. The van der Waals surface area contributed by atoms with Crippen molar-refractivity contribution in [2.75, 3.05) is 26.2 Å². The minimum atomic E-state index is -0.501. The zero-order chi connectivity index (χ0) is 22.4. The highest BCUT2D eigenvalue weighted by atomic mass is 16.2. The fourth-order valence-electron chi connectivity index (χ4n) is 4.74. The van der Waals surface area contributed by atoms with Crippen LogP contribution in [0, 0.1) is 11.8 Å². The lowest BCUT2D eigenvalue weighted by Crippen LogP contribution is -2.62. The Hall–Kier alpha value is -2.41. The van der Waals surface area contributed by atoms with Crippen LogP contribution in [0.2, 0.25) is 0 Å². The van der Waals surface area contributed by atoms with Gasteiger partial charge >= 0.3 is 0 Å². The van der Waals surface area contributed by atoms with Crippen molar-refractivity contribution in [1.82, 2.24) is 15.1 Å². The smallest absolute Gasteiger partial charge is 0.245 e. The van der Waals surface area contributed by atoms with Gasteiger partial charge in [-0.1, -0.05) is 44.2 Å². The Labute approximate surface area is 185 Å². The van der Waals surface area contributed by atoms with Gasteiger partial charge in [-0.3, -0.25) is 14.4 Å². The number of likely N-dealkylation sites (tertiary alicyclic amines) is 1. The molecule has 0 saturated carbocycles. The largest absolute Gasteiger partial charge is 0.370 e. The van der Waals surface area contributed by atoms with E-state index in [2.05, 4.69) is 19.2 Å². The number of carbonyl (C=O) groups is 3. The molecule has 0 bridgehead atoms. The predicted octanol–water partition coefficient (Wildman–Crippen LogP) is 1.56. The number of carbonyl (C=O) groups excluding carboxylic acids is 3. The molecule has 2 saturated heterocycles. The summed E-state index contributed by atoms with van der Waals surface area (Å²) in [5.41, 5.74) is 6.39. The number of amides is 3. The number of piperazine rings is 1. The summed E-state index contributed by atoms with van der Waals surface area (Å²) in [5, 5.41) is 3.33. The van der Waals surface area contributed by atoms with E-state index in [-0.39, 0.29) is 29.7 Å². The summed E-state index contributed by atoms with van der Waals surface area (Å²) in [4.78, 5) is 41.8. The van der Waals surface area contributed by atoms with Gasteiger partial charge in [0.1, 0.15) is 6.04 Å². The average molecular weight is 429 g/mol. The second kappa shape index (κ2) is 10.8. The summed E-state index contributed by atoms with van der Waals surface area (Å²) in [6, 6.07) is 9.18. The number of hydrogen-bond donors (Lipinski definition) is 2. The molecule has 1 aromatic rings. The molecule has 2 aliphatic heterocycles. The fraction of sp³-hybridized carbons (Fsp3) is 0.625. The summed E-state index contributed by atoms with van der Waals surface area (Å²) in [5.74, 6) is 0.395. The van der Waals surface area contributed by atoms with E-state index < -0.39 is 6.04 Å². The second-order valence-electron chi connectivity index (χ2n) is 9.31. The number of rotatable bonds is 8. The van der Waals surface area contributed by atoms with Crippen molar-refractivity contribution in [3.8, 4) is 0 Å². The molecule has 3 rings (SSSR count). The Morgan fingerprint density at radius 1 is 1.13 bits per heavy atom. The minimum Gasteiger partial charge on any atom is -0.370 e. The number of benzene rings is 1. The summed E-state index contributed by atoms with van der Waals surface area (Å²) in [7, 11) is 0. The first-order valence-corrected chi connectivity index (χ1v) is 11.5. The van der Waals surface area contributed by atoms with Crippen LogP contribution in [-0.2, 0) is 20.8 Å². The van der Waals surface area contributed by atoms with Crippen LogP contribution in [-0.4, -0.2) is 65.8 Å². The minimum absolute atomic E-state index is 0.0138. The summed E-state index contributed by atoms with van der Waals surface area (Å²) in [6.07, 6.45) is 3.21. The van der Waals surface area contributed by atoms with Gasteiger partial charge in [-0.25, -0.2) is 0 Å². The van der Waals surface area contributed by atoms with Crippen molar-refractivity contribution in [2.45, 2.75) is 58.0 Å². The first-order chi connectivity index (χ1) is 14.8. The molecule has 0 aromatic heterocycles. The quantitative estimate of drug-likeness (QED) is 0.657. The van der Waals surface area contributed by atoms with Crippen LogP contribution in [0.5, 0.6) is 0 Å². The molecule has 1 aromatic carbocycles.